The van der Waals surface area contributed by atoms with Crippen molar-refractivity contribution in [2.24, 2.45) is 11.7 Å². The van der Waals surface area contributed by atoms with Crippen LogP contribution in [0, 0.1) is 5.92 Å². The van der Waals surface area contributed by atoms with E-state index in [1.807, 2.05) is 0 Å². The molecule has 0 aromatic carbocycles. The number of thioether (sulfide) groups is 1. The van der Waals surface area contributed by atoms with Crippen LogP contribution in [0.4, 0.5) is 13.2 Å². The van der Waals surface area contributed by atoms with Gasteiger partial charge in [0.05, 0.1) is 0 Å². The predicted octanol–water partition coefficient (Wildman–Crippen LogP) is 2.02. The third kappa shape index (κ3) is 5.63. The van der Waals surface area contributed by atoms with E-state index in [4.69, 9.17) is 10.8 Å². The lowest BCUT2D eigenvalue weighted by atomic mass is 10.1. The number of aliphatic hydroxyl groups is 1. The number of nitrogens with two attached hydrogens (primary N) is 1. The van der Waals surface area contributed by atoms with Crippen LogP contribution in [0.3, 0.4) is 0 Å². The van der Waals surface area contributed by atoms with E-state index in [-0.39, 0.29) is 18.3 Å². The highest BCUT2D eigenvalue weighted by Crippen LogP contribution is 2.33. The van der Waals surface area contributed by atoms with Crippen LogP contribution in [-0.2, 0) is 0 Å². The maximum absolute atomic E-state index is 12.5. The van der Waals surface area contributed by atoms with Crippen LogP contribution in [-0.4, -0.2) is 34.9 Å². The van der Waals surface area contributed by atoms with Crippen molar-refractivity contribution in [3.8, 4) is 0 Å². The standard InChI is InChI=1S/C9H18F3NOS/c1-3-7(13)8(9(10,11)12)15-5-6(2)4-14/h6-8,14H,3-5,13H2,1-2H3. The van der Waals surface area contributed by atoms with E-state index in [1.165, 1.54) is 0 Å². The molecule has 0 aromatic heterocycles. The van der Waals surface area contributed by atoms with Crippen molar-refractivity contribution < 1.29 is 18.3 Å². The lowest BCUT2D eigenvalue weighted by molar-refractivity contribution is -0.132. The van der Waals surface area contributed by atoms with Crippen molar-refractivity contribution in [2.75, 3.05) is 12.4 Å². The Morgan fingerprint density at radius 1 is 1.40 bits per heavy atom. The monoisotopic (exact) mass is 245 g/mol. The fourth-order valence-corrected chi connectivity index (χ4v) is 2.27. The van der Waals surface area contributed by atoms with Gasteiger partial charge in [0.25, 0.3) is 0 Å². The maximum Gasteiger partial charge on any atom is 0.402 e. The molecular weight excluding hydrogens is 227 g/mol. The van der Waals surface area contributed by atoms with Gasteiger partial charge in [-0.25, -0.2) is 0 Å². The van der Waals surface area contributed by atoms with E-state index >= 15 is 0 Å². The molecule has 0 fully saturated rings. The molecule has 6 heteroatoms. The maximum atomic E-state index is 12.5. The summed E-state index contributed by atoms with van der Waals surface area (Å²) in [6.07, 6.45) is -3.97. The van der Waals surface area contributed by atoms with Crippen LogP contribution in [0.1, 0.15) is 20.3 Å². The van der Waals surface area contributed by atoms with Gasteiger partial charge in [0.15, 0.2) is 0 Å². The van der Waals surface area contributed by atoms with Crippen LogP contribution in [0.2, 0.25) is 0 Å². The van der Waals surface area contributed by atoms with Gasteiger partial charge in [0, 0.05) is 12.6 Å². The molecule has 0 bridgehead atoms. The molecular formula is C9H18F3NOS. The minimum absolute atomic E-state index is 0.0983. The van der Waals surface area contributed by atoms with E-state index in [1.54, 1.807) is 13.8 Å². The zero-order chi connectivity index (χ0) is 12.1. The van der Waals surface area contributed by atoms with E-state index in [2.05, 4.69) is 0 Å². The molecule has 0 rings (SSSR count). The molecule has 2 nitrogen and oxygen atoms in total. The first kappa shape index (κ1) is 15.1. The Kier molecular flexibility index (Phi) is 6.63. The average Bonchev–Trinajstić information content (AvgIpc) is 2.15. The molecule has 0 aromatic rings. The fraction of sp³-hybridized carbons (Fsp3) is 1.00. The Labute approximate surface area is 92.4 Å². The minimum atomic E-state index is -4.27. The molecule has 92 valence electrons. The summed E-state index contributed by atoms with van der Waals surface area (Å²) in [4.78, 5) is 0. The van der Waals surface area contributed by atoms with E-state index in [0.29, 0.717) is 6.42 Å². The quantitative estimate of drug-likeness (QED) is 0.752. The van der Waals surface area contributed by atoms with Gasteiger partial charge in [-0.2, -0.15) is 13.2 Å². The third-order valence-electron chi connectivity index (χ3n) is 2.05. The minimum Gasteiger partial charge on any atom is -0.396 e. The molecule has 0 radical (unpaired) electrons. The lowest BCUT2D eigenvalue weighted by Crippen LogP contribution is -2.42. The summed E-state index contributed by atoms with van der Waals surface area (Å²) >= 11 is 0.784. The highest BCUT2D eigenvalue weighted by Gasteiger charge is 2.43. The molecule has 0 aliphatic rings. The van der Waals surface area contributed by atoms with Crippen molar-refractivity contribution in [1.82, 2.24) is 0 Å². The van der Waals surface area contributed by atoms with Gasteiger partial charge in [0.1, 0.15) is 5.25 Å². The Balaban J connectivity index is 4.27. The van der Waals surface area contributed by atoms with Crippen molar-refractivity contribution in [3.63, 3.8) is 0 Å². The molecule has 0 saturated heterocycles. The van der Waals surface area contributed by atoms with Crippen LogP contribution in [0.25, 0.3) is 0 Å². The Morgan fingerprint density at radius 2 is 1.93 bits per heavy atom. The summed E-state index contributed by atoms with van der Waals surface area (Å²) in [6.45, 7) is 3.25. The topological polar surface area (TPSA) is 46.2 Å². The number of halogens is 3. The smallest absolute Gasteiger partial charge is 0.396 e. The second-order valence-electron chi connectivity index (χ2n) is 3.66. The average molecular weight is 245 g/mol. The number of aliphatic hydroxyl groups excluding tert-OH is 1. The van der Waals surface area contributed by atoms with Crippen LogP contribution in [0.5, 0.6) is 0 Å². The molecule has 0 aliphatic heterocycles. The number of hydrogen-bond donors (Lipinski definition) is 2. The van der Waals surface area contributed by atoms with Gasteiger partial charge < -0.3 is 10.8 Å². The molecule has 0 saturated carbocycles. The number of rotatable bonds is 6. The van der Waals surface area contributed by atoms with Crippen molar-refractivity contribution in [1.29, 1.82) is 0 Å². The molecule has 0 heterocycles. The van der Waals surface area contributed by atoms with E-state index in [9.17, 15) is 13.2 Å². The van der Waals surface area contributed by atoms with Crippen LogP contribution < -0.4 is 5.73 Å². The van der Waals surface area contributed by atoms with E-state index in [0.717, 1.165) is 11.8 Å². The molecule has 0 aliphatic carbocycles. The molecule has 3 N–H and O–H groups in total. The van der Waals surface area contributed by atoms with E-state index < -0.39 is 17.5 Å². The Morgan fingerprint density at radius 3 is 2.27 bits per heavy atom. The second kappa shape index (κ2) is 6.60. The first-order valence-electron chi connectivity index (χ1n) is 4.87. The predicted molar refractivity (Wildman–Crippen MR) is 56.8 cm³/mol. The molecule has 0 amide bonds. The highest BCUT2D eigenvalue weighted by atomic mass is 32.2. The Hall–Kier alpha value is 0.0600. The van der Waals surface area contributed by atoms with Gasteiger partial charge >= 0.3 is 6.18 Å². The second-order valence-corrected chi connectivity index (χ2v) is 4.83. The van der Waals surface area contributed by atoms with Gasteiger partial charge in [-0.05, 0) is 18.1 Å². The molecule has 3 atom stereocenters. The number of alkyl halides is 3. The largest absolute Gasteiger partial charge is 0.402 e. The summed E-state index contributed by atoms with van der Waals surface area (Å²) in [5, 5.41) is 7.19. The molecule has 3 unspecified atom stereocenters. The third-order valence-corrected chi connectivity index (χ3v) is 3.79. The van der Waals surface area contributed by atoms with Gasteiger partial charge in [-0.3, -0.25) is 0 Å². The summed E-state index contributed by atoms with van der Waals surface area (Å²) in [5.41, 5.74) is 5.43. The number of hydrogen-bond acceptors (Lipinski definition) is 3. The summed E-state index contributed by atoms with van der Waals surface area (Å²) in [6, 6.07) is -0.874. The zero-order valence-corrected chi connectivity index (χ0v) is 9.74. The van der Waals surface area contributed by atoms with Gasteiger partial charge in [-0.15, -0.1) is 11.8 Å². The normalized spacial score (nSPS) is 18.6. The van der Waals surface area contributed by atoms with Crippen molar-refractivity contribution in [3.05, 3.63) is 0 Å². The fourth-order valence-electron chi connectivity index (χ4n) is 0.996. The summed E-state index contributed by atoms with van der Waals surface area (Å²) < 4.78 is 37.6. The van der Waals surface area contributed by atoms with Crippen molar-refractivity contribution in [2.45, 2.75) is 37.7 Å². The lowest BCUT2D eigenvalue weighted by Gasteiger charge is -2.25. The first-order valence-corrected chi connectivity index (χ1v) is 5.92. The summed E-state index contributed by atoms with van der Waals surface area (Å²) in [5.74, 6) is 0.137. The molecule has 15 heavy (non-hydrogen) atoms. The zero-order valence-electron chi connectivity index (χ0n) is 8.92. The van der Waals surface area contributed by atoms with Crippen LogP contribution >= 0.6 is 11.8 Å². The van der Waals surface area contributed by atoms with Crippen molar-refractivity contribution >= 4 is 11.8 Å². The van der Waals surface area contributed by atoms with Gasteiger partial charge in [-0.1, -0.05) is 13.8 Å². The Bertz CT molecular complexity index is 177. The summed E-state index contributed by atoms with van der Waals surface area (Å²) in [7, 11) is 0. The molecule has 0 spiro atoms. The first-order chi connectivity index (χ1) is 6.82. The highest BCUT2D eigenvalue weighted by molar-refractivity contribution is 8.00. The van der Waals surface area contributed by atoms with Gasteiger partial charge in [0.2, 0.25) is 0 Å². The SMILES string of the molecule is CCC(N)C(SCC(C)CO)C(F)(F)F. The van der Waals surface area contributed by atoms with Crippen LogP contribution in [0.15, 0.2) is 0 Å².